The number of benzene rings is 1. The van der Waals surface area contributed by atoms with Crippen LogP contribution in [-0.2, 0) is 0 Å². The molecule has 0 unspecified atom stereocenters. The van der Waals surface area contributed by atoms with E-state index in [0.29, 0.717) is 10.2 Å². The number of nitrogens with zero attached hydrogens (tertiary/aromatic N) is 2. The van der Waals surface area contributed by atoms with Crippen molar-refractivity contribution >= 4 is 57.5 Å². The Bertz CT molecular complexity index is 663. The first-order valence-electron chi connectivity index (χ1n) is 4.33. The Morgan fingerprint density at radius 3 is 2.75 bits per heavy atom. The molecule has 0 atom stereocenters. The van der Waals surface area contributed by atoms with E-state index in [1.807, 2.05) is 18.2 Å². The lowest BCUT2D eigenvalue weighted by Crippen LogP contribution is -1.79. The van der Waals surface area contributed by atoms with Crippen LogP contribution in [0, 0.1) is 0 Å². The van der Waals surface area contributed by atoms with Gasteiger partial charge in [-0.2, -0.15) is 0 Å². The predicted molar refractivity (Wildman–Crippen MR) is 68.7 cm³/mol. The van der Waals surface area contributed by atoms with E-state index in [9.17, 15) is 0 Å². The fourth-order valence-electron chi connectivity index (χ4n) is 1.64. The lowest BCUT2D eigenvalue weighted by molar-refractivity contribution is 1.22. The molecule has 3 nitrogen and oxygen atoms in total. The summed E-state index contributed by atoms with van der Waals surface area (Å²) in [5.74, 6) is 0. The van der Waals surface area contributed by atoms with Gasteiger partial charge in [-0.1, -0.05) is 23.2 Å². The smallest absolute Gasteiger partial charge is 0.156 e. The van der Waals surface area contributed by atoms with Crippen LogP contribution in [0.2, 0.25) is 10.2 Å². The molecule has 0 aliphatic rings. The first-order valence-corrected chi connectivity index (χ1v) is 5.09. The summed E-state index contributed by atoms with van der Waals surface area (Å²) in [6.45, 7) is 0. The van der Waals surface area contributed by atoms with E-state index >= 15 is 0 Å². The largest absolute Gasteiger partial charge is 0.351 e. The molecule has 0 aliphatic heterocycles. The third kappa shape index (κ3) is 1.61. The lowest BCUT2D eigenvalue weighted by atomic mass is 10.2. The Kier molecular flexibility index (Phi) is 2.93. The molecular weight excluding hydrogens is 268 g/mol. The zero-order chi connectivity index (χ0) is 10.4. The molecule has 0 amide bonds. The summed E-state index contributed by atoms with van der Waals surface area (Å²) in [5, 5.41) is 2.10. The van der Waals surface area contributed by atoms with Crippen LogP contribution in [0.1, 0.15) is 0 Å². The van der Waals surface area contributed by atoms with Gasteiger partial charge in [0.15, 0.2) is 5.15 Å². The van der Waals surface area contributed by atoms with Crippen molar-refractivity contribution in [2.45, 2.75) is 0 Å². The van der Waals surface area contributed by atoms with Crippen molar-refractivity contribution in [2.75, 3.05) is 0 Å². The zero-order valence-electron chi connectivity index (χ0n) is 7.87. The molecule has 6 heteroatoms. The number of hydrogen-bond donors (Lipinski definition) is 1. The van der Waals surface area contributed by atoms with Gasteiger partial charge in [0.25, 0.3) is 0 Å². The standard InChI is InChI=1S/C10H5Cl2N3.ClH/c11-5-1-2-6-7(3-5)15-9-8(6)13-4-14-10(9)12;/h1-4,15H;1H. The number of hydrogen-bond acceptors (Lipinski definition) is 2. The molecule has 1 N–H and O–H groups in total. The second-order valence-electron chi connectivity index (χ2n) is 3.20. The van der Waals surface area contributed by atoms with Crippen LogP contribution >= 0.6 is 35.6 Å². The lowest BCUT2D eigenvalue weighted by Gasteiger charge is -1.90. The van der Waals surface area contributed by atoms with E-state index in [1.54, 1.807) is 0 Å². The molecule has 0 radical (unpaired) electrons. The normalized spacial score (nSPS) is 10.6. The number of fused-ring (bicyclic) bond motifs is 3. The predicted octanol–water partition coefficient (Wildman–Crippen LogP) is 3.84. The summed E-state index contributed by atoms with van der Waals surface area (Å²) in [4.78, 5) is 11.3. The zero-order valence-corrected chi connectivity index (χ0v) is 10.2. The highest BCUT2D eigenvalue weighted by Gasteiger charge is 2.08. The third-order valence-corrected chi connectivity index (χ3v) is 2.82. The van der Waals surface area contributed by atoms with Crippen LogP contribution in [0.3, 0.4) is 0 Å². The summed E-state index contributed by atoms with van der Waals surface area (Å²) in [7, 11) is 0. The van der Waals surface area contributed by atoms with Crippen LogP contribution in [-0.4, -0.2) is 15.0 Å². The maximum Gasteiger partial charge on any atom is 0.156 e. The monoisotopic (exact) mass is 273 g/mol. The minimum Gasteiger partial charge on any atom is -0.351 e. The highest BCUT2D eigenvalue weighted by atomic mass is 35.5. The third-order valence-electron chi connectivity index (χ3n) is 2.30. The average Bonchev–Trinajstić information content (AvgIpc) is 2.57. The van der Waals surface area contributed by atoms with Gasteiger partial charge in [0.1, 0.15) is 17.4 Å². The van der Waals surface area contributed by atoms with Crippen molar-refractivity contribution < 1.29 is 0 Å². The molecular formula is C10H6Cl3N3. The molecule has 0 spiro atoms. The Hall–Kier alpha value is -1.03. The molecule has 16 heavy (non-hydrogen) atoms. The maximum atomic E-state index is 5.95. The van der Waals surface area contributed by atoms with Gasteiger partial charge in [-0.05, 0) is 18.2 Å². The Morgan fingerprint density at radius 1 is 1.12 bits per heavy atom. The van der Waals surface area contributed by atoms with Gasteiger partial charge in [0.05, 0.1) is 0 Å². The van der Waals surface area contributed by atoms with Crippen LogP contribution in [0.4, 0.5) is 0 Å². The second kappa shape index (κ2) is 4.09. The molecule has 3 rings (SSSR count). The van der Waals surface area contributed by atoms with Crippen molar-refractivity contribution in [1.29, 1.82) is 0 Å². The molecule has 0 saturated heterocycles. The van der Waals surface area contributed by atoms with Gasteiger partial charge in [-0.15, -0.1) is 12.4 Å². The average molecular weight is 275 g/mol. The molecule has 3 aromatic rings. The van der Waals surface area contributed by atoms with Crippen LogP contribution in [0.25, 0.3) is 21.9 Å². The SMILES string of the molecule is Cl.Clc1ccc2c(c1)[nH]c1c(Cl)ncnc12. The molecule has 1 aromatic carbocycles. The first-order chi connectivity index (χ1) is 7.25. The van der Waals surface area contributed by atoms with Crippen molar-refractivity contribution in [3.63, 3.8) is 0 Å². The Labute approximate surface area is 107 Å². The number of aromatic amines is 1. The molecule has 0 saturated carbocycles. The number of nitrogens with one attached hydrogen (secondary N) is 1. The van der Waals surface area contributed by atoms with Crippen molar-refractivity contribution in [2.24, 2.45) is 0 Å². The van der Waals surface area contributed by atoms with E-state index in [1.165, 1.54) is 6.33 Å². The van der Waals surface area contributed by atoms with E-state index < -0.39 is 0 Å². The minimum atomic E-state index is 0. The summed E-state index contributed by atoms with van der Waals surface area (Å²) in [6, 6.07) is 5.59. The number of halogens is 3. The van der Waals surface area contributed by atoms with Crippen LogP contribution in [0.5, 0.6) is 0 Å². The first kappa shape index (κ1) is 11.5. The van der Waals surface area contributed by atoms with Crippen molar-refractivity contribution in [3.05, 3.63) is 34.7 Å². The summed E-state index contributed by atoms with van der Waals surface area (Å²) in [5.41, 5.74) is 2.48. The van der Waals surface area contributed by atoms with E-state index in [4.69, 9.17) is 23.2 Å². The summed E-state index contributed by atoms with van der Waals surface area (Å²) in [6.07, 6.45) is 1.45. The van der Waals surface area contributed by atoms with Gasteiger partial charge >= 0.3 is 0 Å². The van der Waals surface area contributed by atoms with Gasteiger partial charge < -0.3 is 4.98 Å². The molecule has 0 bridgehead atoms. The topological polar surface area (TPSA) is 41.6 Å². The minimum absolute atomic E-state index is 0. The van der Waals surface area contributed by atoms with Gasteiger partial charge in [-0.25, -0.2) is 9.97 Å². The quantitative estimate of drug-likeness (QED) is 0.633. The van der Waals surface area contributed by atoms with Crippen molar-refractivity contribution in [1.82, 2.24) is 15.0 Å². The van der Waals surface area contributed by atoms with Gasteiger partial charge in [0.2, 0.25) is 0 Å². The van der Waals surface area contributed by atoms with Crippen molar-refractivity contribution in [3.8, 4) is 0 Å². The molecule has 0 aliphatic carbocycles. The molecule has 82 valence electrons. The summed E-state index contributed by atoms with van der Waals surface area (Å²) >= 11 is 11.8. The Balaban J connectivity index is 0.000000963. The van der Waals surface area contributed by atoms with E-state index in [-0.39, 0.29) is 12.4 Å². The fourth-order valence-corrected chi connectivity index (χ4v) is 1.99. The fraction of sp³-hybridized carbons (Fsp3) is 0. The second-order valence-corrected chi connectivity index (χ2v) is 4.00. The van der Waals surface area contributed by atoms with E-state index in [2.05, 4.69) is 15.0 Å². The highest BCUT2D eigenvalue weighted by Crippen LogP contribution is 2.28. The number of H-pyrrole nitrogens is 1. The molecule has 0 fully saturated rings. The van der Waals surface area contributed by atoms with E-state index in [0.717, 1.165) is 21.9 Å². The van der Waals surface area contributed by atoms with Crippen LogP contribution < -0.4 is 0 Å². The number of rotatable bonds is 0. The highest BCUT2D eigenvalue weighted by molar-refractivity contribution is 6.35. The van der Waals surface area contributed by atoms with Crippen LogP contribution in [0.15, 0.2) is 24.5 Å². The number of aromatic nitrogens is 3. The summed E-state index contributed by atoms with van der Waals surface area (Å²) < 4.78 is 0. The van der Waals surface area contributed by atoms with Gasteiger partial charge in [-0.3, -0.25) is 0 Å². The molecule has 2 aromatic heterocycles. The maximum absolute atomic E-state index is 5.95. The molecule has 2 heterocycles. The Morgan fingerprint density at radius 2 is 1.94 bits per heavy atom. The van der Waals surface area contributed by atoms with Gasteiger partial charge in [0, 0.05) is 15.9 Å².